The summed E-state index contributed by atoms with van der Waals surface area (Å²) >= 11 is 0. The van der Waals surface area contributed by atoms with Crippen LogP contribution in [-0.2, 0) is 5.41 Å². The van der Waals surface area contributed by atoms with Crippen LogP contribution in [0.15, 0.2) is 28.8 Å². The number of aromatic nitrogens is 2. The van der Waals surface area contributed by atoms with Gasteiger partial charge in [0.25, 0.3) is 11.8 Å². The molecule has 1 aliphatic rings. The van der Waals surface area contributed by atoms with E-state index in [4.69, 9.17) is 4.52 Å². The first kappa shape index (κ1) is 16.6. The molecule has 3 rings (SSSR count). The van der Waals surface area contributed by atoms with Crippen LogP contribution < -0.4 is 0 Å². The molecule has 24 heavy (non-hydrogen) atoms. The number of likely N-dealkylation sites (tertiary alicyclic amines) is 1. The van der Waals surface area contributed by atoms with Crippen molar-refractivity contribution in [1.29, 1.82) is 0 Å². The van der Waals surface area contributed by atoms with Crippen LogP contribution in [0.4, 0.5) is 0 Å². The first-order valence-corrected chi connectivity index (χ1v) is 8.27. The third-order valence-electron chi connectivity index (χ3n) is 4.17. The second-order valence-electron chi connectivity index (χ2n) is 7.27. The van der Waals surface area contributed by atoms with Crippen LogP contribution in [0.25, 0.3) is 11.5 Å². The van der Waals surface area contributed by atoms with Crippen molar-refractivity contribution in [3.8, 4) is 11.5 Å². The molecule has 1 aromatic carbocycles. The summed E-state index contributed by atoms with van der Waals surface area (Å²) in [5, 5.41) is 13.9. The maximum atomic E-state index is 12.9. The molecule has 1 atom stereocenters. The molecule has 0 bridgehead atoms. The highest BCUT2D eigenvalue weighted by Crippen LogP contribution is 2.27. The van der Waals surface area contributed by atoms with Crippen molar-refractivity contribution in [2.45, 2.75) is 45.1 Å². The standard InChI is InChI=1S/C18H23N3O3/c1-18(2,3)17-19-15(24-20-17)13-8-4-5-9-14(13)16(23)21-10-6-7-12(22)11-21/h4-5,8-9,12,22H,6-7,10-11H2,1-3H3. The van der Waals surface area contributed by atoms with E-state index >= 15 is 0 Å². The molecule has 0 radical (unpaired) electrons. The van der Waals surface area contributed by atoms with E-state index in [0.717, 1.165) is 12.8 Å². The molecule has 0 spiro atoms. The molecule has 6 nitrogen and oxygen atoms in total. The minimum absolute atomic E-state index is 0.111. The molecule has 0 saturated carbocycles. The molecule has 1 amide bonds. The van der Waals surface area contributed by atoms with Gasteiger partial charge in [-0.1, -0.05) is 38.1 Å². The van der Waals surface area contributed by atoms with E-state index in [1.807, 2.05) is 39.0 Å². The predicted molar refractivity (Wildman–Crippen MR) is 89.6 cm³/mol. The molecule has 1 saturated heterocycles. The largest absolute Gasteiger partial charge is 0.391 e. The number of β-amino-alcohol motifs (C(OH)–C–C–N with tert-alkyl or cyclic N) is 1. The van der Waals surface area contributed by atoms with Crippen molar-refractivity contribution >= 4 is 5.91 Å². The van der Waals surface area contributed by atoms with Gasteiger partial charge in [-0.2, -0.15) is 4.98 Å². The summed E-state index contributed by atoms with van der Waals surface area (Å²) in [6, 6.07) is 7.24. The Hall–Kier alpha value is -2.21. The lowest BCUT2D eigenvalue weighted by Crippen LogP contribution is -2.42. The van der Waals surface area contributed by atoms with Crippen molar-refractivity contribution in [1.82, 2.24) is 15.0 Å². The summed E-state index contributed by atoms with van der Waals surface area (Å²) in [5.74, 6) is 0.842. The Morgan fingerprint density at radius 1 is 1.33 bits per heavy atom. The molecule has 1 N–H and O–H groups in total. The first-order chi connectivity index (χ1) is 11.4. The summed E-state index contributed by atoms with van der Waals surface area (Å²) < 4.78 is 5.40. The summed E-state index contributed by atoms with van der Waals surface area (Å²) in [7, 11) is 0. The Kier molecular flexibility index (Phi) is 4.41. The molecule has 128 valence electrons. The highest BCUT2D eigenvalue weighted by molar-refractivity contribution is 6.00. The maximum absolute atomic E-state index is 12.9. The van der Waals surface area contributed by atoms with Crippen molar-refractivity contribution in [2.75, 3.05) is 13.1 Å². The lowest BCUT2D eigenvalue weighted by Gasteiger charge is -2.30. The summed E-state index contributed by atoms with van der Waals surface area (Å²) in [5.41, 5.74) is 0.929. The van der Waals surface area contributed by atoms with Gasteiger partial charge in [0, 0.05) is 18.5 Å². The summed E-state index contributed by atoms with van der Waals surface area (Å²) in [6.45, 7) is 7.04. The molecule has 1 aromatic heterocycles. The molecule has 1 fully saturated rings. The third kappa shape index (κ3) is 3.33. The zero-order valence-electron chi connectivity index (χ0n) is 14.3. The molecule has 2 aromatic rings. The molecule has 1 unspecified atom stereocenters. The zero-order chi connectivity index (χ0) is 17.3. The minimum atomic E-state index is -0.453. The van der Waals surface area contributed by atoms with E-state index in [0.29, 0.717) is 35.9 Å². The Morgan fingerprint density at radius 3 is 2.75 bits per heavy atom. The van der Waals surface area contributed by atoms with Crippen LogP contribution in [0.1, 0.15) is 49.8 Å². The number of aliphatic hydroxyl groups is 1. The molecule has 2 heterocycles. The number of nitrogens with zero attached hydrogens (tertiary/aromatic N) is 3. The van der Waals surface area contributed by atoms with Crippen LogP contribution in [-0.4, -0.2) is 45.2 Å². The fourth-order valence-corrected chi connectivity index (χ4v) is 2.80. The van der Waals surface area contributed by atoms with Crippen LogP contribution in [0, 0.1) is 0 Å². The number of carbonyl (C=O) groups is 1. The number of aliphatic hydroxyl groups excluding tert-OH is 1. The number of piperidine rings is 1. The van der Waals surface area contributed by atoms with Crippen molar-refractivity contribution < 1.29 is 14.4 Å². The lowest BCUT2D eigenvalue weighted by molar-refractivity contribution is 0.0474. The maximum Gasteiger partial charge on any atom is 0.258 e. The summed E-state index contributed by atoms with van der Waals surface area (Å²) in [6.07, 6.45) is 1.10. The van der Waals surface area contributed by atoms with E-state index in [1.165, 1.54) is 0 Å². The molecule has 0 aliphatic carbocycles. The SMILES string of the molecule is CC(C)(C)c1noc(-c2ccccc2C(=O)N2CCCC(O)C2)n1. The zero-order valence-corrected chi connectivity index (χ0v) is 14.3. The Labute approximate surface area is 141 Å². The average molecular weight is 329 g/mol. The van der Waals surface area contributed by atoms with Gasteiger partial charge in [0.1, 0.15) is 0 Å². The van der Waals surface area contributed by atoms with Gasteiger partial charge in [-0.3, -0.25) is 4.79 Å². The van der Waals surface area contributed by atoms with Crippen molar-refractivity contribution in [3.63, 3.8) is 0 Å². The van der Waals surface area contributed by atoms with E-state index in [9.17, 15) is 9.90 Å². The lowest BCUT2D eigenvalue weighted by atomic mass is 9.96. The summed E-state index contributed by atoms with van der Waals surface area (Å²) in [4.78, 5) is 19.0. The second-order valence-corrected chi connectivity index (χ2v) is 7.27. The van der Waals surface area contributed by atoms with E-state index in [-0.39, 0.29) is 11.3 Å². The van der Waals surface area contributed by atoms with Gasteiger partial charge in [-0.15, -0.1) is 0 Å². The van der Waals surface area contributed by atoms with Gasteiger partial charge in [-0.25, -0.2) is 0 Å². The van der Waals surface area contributed by atoms with Crippen LogP contribution in [0.3, 0.4) is 0 Å². The second kappa shape index (κ2) is 6.36. The Bertz CT molecular complexity index is 733. The quantitative estimate of drug-likeness (QED) is 0.916. The predicted octanol–water partition coefficient (Wildman–Crippen LogP) is 2.63. The normalized spacial score (nSPS) is 18.7. The third-order valence-corrected chi connectivity index (χ3v) is 4.17. The number of benzene rings is 1. The Balaban J connectivity index is 1.93. The first-order valence-electron chi connectivity index (χ1n) is 8.27. The minimum Gasteiger partial charge on any atom is -0.391 e. The van der Waals surface area contributed by atoms with Gasteiger partial charge in [-0.05, 0) is 25.0 Å². The van der Waals surface area contributed by atoms with Crippen LogP contribution in [0.5, 0.6) is 0 Å². The smallest absolute Gasteiger partial charge is 0.258 e. The van der Waals surface area contributed by atoms with E-state index in [2.05, 4.69) is 10.1 Å². The fourth-order valence-electron chi connectivity index (χ4n) is 2.80. The molecule has 6 heteroatoms. The van der Waals surface area contributed by atoms with Crippen molar-refractivity contribution in [3.05, 3.63) is 35.7 Å². The average Bonchev–Trinajstić information content (AvgIpc) is 3.04. The Morgan fingerprint density at radius 2 is 2.08 bits per heavy atom. The van der Waals surface area contributed by atoms with E-state index < -0.39 is 6.10 Å². The van der Waals surface area contributed by atoms with Gasteiger partial charge in [0.2, 0.25) is 0 Å². The van der Waals surface area contributed by atoms with Gasteiger partial charge in [0.15, 0.2) is 5.82 Å². The number of rotatable bonds is 2. The number of hydrogen-bond acceptors (Lipinski definition) is 5. The van der Waals surface area contributed by atoms with Gasteiger partial charge < -0.3 is 14.5 Å². The molecule has 1 aliphatic heterocycles. The van der Waals surface area contributed by atoms with Crippen LogP contribution >= 0.6 is 0 Å². The monoisotopic (exact) mass is 329 g/mol. The fraction of sp³-hybridized carbons (Fsp3) is 0.500. The topological polar surface area (TPSA) is 79.5 Å². The van der Waals surface area contributed by atoms with Gasteiger partial charge in [0.05, 0.1) is 17.2 Å². The van der Waals surface area contributed by atoms with Crippen LogP contribution in [0.2, 0.25) is 0 Å². The highest BCUT2D eigenvalue weighted by Gasteiger charge is 2.27. The highest BCUT2D eigenvalue weighted by atomic mass is 16.5. The number of amides is 1. The number of hydrogen-bond donors (Lipinski definition) is 1. The molecular formula is C18H23N3O3. The van der Waals surface area contributed by atoms with E-state index in [1.54, 1.807) is 11.0 Å². The van der Waals surface area contributed by atoms with Gasteiger partial charge >= 0.3 is 0 Å². The van der Waals surface area contributed by atoms with Crippen molar-refractivity contribution in [2.24, 2.45) is 0 Å². The number of carbonyl (C=O) groups excluding carboxylic acids is 1. The molecular weight excluding hydrogens is 306 g/mol.